The minimum atomic E-state index is -4.54. The number of halogens is 4. The van der Waals surface area contributed by atoms with Gasteiger partial charge in [-0.2, -0.15) is 18.3 Å². The van der Waals surface area contributed by atoms with Crippen LogP contribution in [0.5, 0.6) is 0 Å². The molecule has 1 atom stereocenters. The summed E-state index contributed by atoms with van der Waals surface area (Å²) in [5, 5.41) is 11.8. The van der Waals surface area contributed by atoms with E-state index in [0.717, 1.165) is 12.2 Å². The van der Waals surface area contributed by atoms with Crippen molar-refractivity contribution in [1.29, 1.82) is 0 Å². The van der Waals surface area contributed by atoms with Crippen LogP contribution in [0.4, 0.5) is 13.2 Å². The quantitative estimate of drug-likeness (QED) is 0.769. The van der Waals surface area contributed by atoms with E-state index in [9.17, 15) is 18.0 Å². The Labute approximate surface area is 148 Å². The first-order chi connectivity index (χ1) is 11.4. The van der Waals surface area contributed by atoms with Crippen LogP contribution in [0.25, 0.3) is 0 Å². The monoisotopic (exact) mass is 374 g/mol. The molecule has 0 saturated carbocycles. The molecule has 0 saturated heterocycles. The molecular weight excluding hydrogens is 357 g/mol. The molecule has 3 N–H and O–H groups in total. The highest BCUT2D eigenvalue weighted by molar-refractivity contribution is 5.94. The minimum Gasteiger partial charge on any atom is -0.339 e. The van der Waals surface area contributed by atoms with E-state index in [2.05, 4.69) is 20.8 Å². The van der Waals surface area contributed by atoms with Gasteiger partial charge in [0.1, 0.15) is 6.04 Å². The lowest BCUT2D eigenvalue weighted by atomic mass is 10.0. The molecule has 0 radical (unpaired) electrons. The highest BCUT2D eigenvalue weighted by Crippen LogP contribution is 2.24. The largest absolute Gasteiger partial charge is 0.408 e. The molecule has 0 bridgehead atoms. The van der Waals surface area contributed by atoms with Crippen molar-refractivity contribution in [2.75, 3.05) is 6.54 Å². The fourth-order valence-corrected chi connectivity index (χ4v) is 2.74. The Hall–Kier alpha value is -2.06. The second-order valence-corrected chi connectivity index (χ2v) is 5.71. The van der Waals surface area contributed by atoms with Crippen molar-refractivity contribution in [1.82, 2.24) is 20.8 Å². The molecular formula is C16H18ClF3N4O. The molecule has 5 nitrogen and oxygen atoms in total. The number of fused-ring (bicyclic) bond motifs is 1. The van der Waals surface area contributed by atoms with Crippen molar-refractivity contribution >= 4 is 18.3 Å². The molecule has 2 aromatic rings. The minimum absolute atomic E-state index is 0. The van der Waals surface area contributed by atoms with E-state index in [-0.39, 0.29) is 24.5 Å². The van der Waals surface area contributed by atoms with Crippen molar-refractivity contribution in [3.8, 4) is 0 Å². The zero-order valence-corrected chi connectivity index (χ0v) is 14.0. The van der Waals surface area contributed by atoms with E-state index in [1.54, 1.807) is 30.3 Å². The molecule has 1 aromatic carbocycles. The predicted octanol–water partition coefficient (Wildman–Crippen LogP) is 2.38. The second-order valence-electron chi connectivity index (χ2n) is 5.71. The van der Waals surface area contributed by atoms with Crippen LogP contribution >= 0.6 is 12.4 Å². The summed E-state index contributed by atoms with van der Waals surface area (Å²) in [5.74, 6) is -0.811. The van der Waals surface area contributed by atoms with E-state index in [0.29, 0.717) is 24.1 Å². The van der Waals surface area contributed by atoms with Crippen LogP contribution in [-0.2, 0) is 19.4 Å². The van der Waals surface area contributed by atoms with Crippen LogP contribution in [0.3, 0.4) is 0 Å². The maximum absolute atomic E-state index is 13.3. The molecule has 0 aliphatic carbocycles. The Balaban J connectivity index is 0.00000225. The number of H-pyrrole nitrogens is 1. The zero-order valence-electron chi connectivity index (χ0n) is 13.2. The normalized spacial score (nSPS) is 15.0. The number of carbonyl (C=O) groups is 1. The molecule has 0 spiro atoms. The summed E-state index contributed by atoms with van der Waals surface area (Å²) in [6.45, 7) is 1.17. The summed E-state index contributed by atoms with van der Waals surface area (Å²) >= 11 is 0. The van der Waals surface area contributed by atoms with Crippen LogP contribution in [0, 0.1) is 0 Å². The summed E-state index contributed by atoms with van der Waals surface area (Å²) in [4.78, 5) is 12.3. The Morgan fingerprint density at radius 3 is 2.68 bits per heavy atom. The number of hydrogen-bond acceptors (Lipinski definition) is 3. The van der Waals surface area contributed by atoms with Gasteiger partial charge in [-0.05, 0) is 5.56 Å². The molecule has 1 aliphatic heterocycles. The molecule has 9 heteroatoms. The first-order valence-corrected chi connectivity index (χ1v) is 7.63. The lowest BCUT2D eigenvalue weighted by Gasteiger charge is -2.22. The molecule has 2 heterocycles. The molecule has 3 rings (SSSR count). The van der Waals surface area contributed by atoms with E-state index >= 15 is 0 Å². The predicted molar refractivity (Wildman–Crippen MR) is 88.7 cm³/mol. The molecule has 0 fully saturated rings. The van der Waals surface area contributed by atoms with Gasteiger partial charge in [0.25, 0.3) is 5.91 Å². The fourth-order valence-electron chi connectivity index (χ4n) is 2.74. The number of rotatable bonds is 4. The summed E-state index contributed by atoms with van der Waals surface area (Å²) in [5.41, 5.74) is 1.97. The second kappa shape index (κ2) is 7.88. The van der Waals surface area contributed by atoms with Gasteiger partial charge in [-0.15, -0.1) is 12.4 Å². The zero-order chi connectivity index (χ0) is 17.2. The number of carbonyl (C=O) groups excluding carboxylic acids is 1. The topological polar surface area (TPSA) is 69.8 Å². The maximum atomic E-state index is 13.3. The SMILES string of the molecule is Cl.O=C(NC(Cc1ccccc1)C(F)(F)F)c1n[nH]c2c1CNCC2. The summed E-state index contributed by atoms with van der Waals surface area (Å²) in [6.07, 6.45) is -4.19. The van der Waals surface area contributed by atoms with Gasteiger partial charge in [0.05, 0.1) is 0 Å². The van der Waals surface area contributed by atoms with Crippen molar-refractivity contribution in [3.05, 3.63) is 52.8 Å². The molecule has 1 amide bonds. The number of nitrogens with one attached hydrogen (secondary N) is 3. The van der Waals surface area contributed by atoms with Crippen molar-refractivity contribution in [3.63, 3.8) is 0 Å². The molecule has 1 aromatic heterocycles. The van der Waals surface area contributed by atoms with E-state index in [1.807, 2.05) is 0 Å². The van der Waals surface area contributed by atoms with E-state index in [4.69, 9.17) is 0 Å². The molecule has 136 valence electrons. The van der Waals surface area contributed by atoms with Gasteiger partial charge < -0.3 is 10.6 Å². The molecule has 1 unspecified atom stereocenters. The Kier molecular flexibility index (Phi) is 6.07. The number of aromatic amines is 1. The number of hydrogen-bond donors (Lipinski definition) is 3. The van der Waals surface area contributed by atoms with Gasteiger partial charge in [-0.1, -0.05) is 30.3 Å². The Bertz CT molecular complexity index is 718. The summed E-state index contributed by atoms with van der Waals surface area (Å²) in [7, 11) is 0. The maximum Gasteiger partial charge on any atom is 0.408 e. The molecule has 25 heavy (non-hydrogen) atoms. The van der Waals surface area contributed by atoms with Gasteiger partial charge in [0.15, 0.2) is 5.69 Å². The van der Waals surface area contributed by atoms with Gasteiger partial charge in [0, 0.05) is 37.2 Å². The van der Waals surface area contributed by atoms with Crippen molar-refractivity contribution < 1.29 is 18.0 Å². The average molecular weight is 375 g/mol. The summed E-state index contributed by atoms with van der Waals surface area (Å²) < 4.78 is 39.9. The Morgan fingerprint density at radius 1 is 1.28 bits per heavy atom. The van der Waals surface area contributed by atoms with E-state index < -0.39 is 18.1 Å². The summed E-state index contributed by atoms with van der Waals surface area (Å²) in [6, 6.07) is 6.31. The van der Waals surface area contributed by atoms with Gasteiger partial charge in [0.2, 0.25) is 0 Å². The fraction of sp³-hybridized carbons (Fsp3) is 0.375. The number of aromatic nitrogens is 2. The van der Waals surface area contributed by atoms with Crippen LogP contribution < -0.4 is 10.6 Å². The van der Waals surface area contributed by atoms with Gasteiger partial charge >= 0.3 is 6.18 Å². The third kappa shape index (κ3) is 4.52. The average Bonchev–Trinajstić information content (AvgIpc) is 2.98. The van der Waals surface area contributed by atoms with Crippen molar-refractivity contribution in [2.45, 2.75) is 31.6 Å². The third-order valence-corrected chi connectivity index (χ3v) is 4.00. The van der Waals surface area contributed by atoms with Gasteiger partial charge in [-0.25, -0.2) is 0 Å². The van der Waals surface area contributed by atoms with Gasteiger partial charge in [-0.3, -0.25) is 9.89 Å². The highest BCUT2D eigenvalue weighted by atomic mass is 35.5. The molecule has 1 aliphatic rings. The lowest BCUT2D eigenvalue weighted by molar-refractivity contribution is -0.153. The number of amides is 1. The number of benzene rings is 1. The first-order valence-electron chi connectivity index (χ1n) is 7.63. The highest BCUT2D eigenvalue weighted by Gasteiger charge is 2.41. The van der Waals surface area contributed by atoms with Crippen molar-refractivity contribution in [2.24, 2.45) is 0 Å². The lowest BCUT2D eigenvalue weighted by Crippen LogP contribution is -2.47. The smallest absolute Gasteiger partial charge is 0.339 e. The standard InChI is InChI=1S/C16H17F3N4O.ClH/c17-16(18,19)13(8-10-4-2-1-3-5-10)21-15(24)14-11-9-20-7-6-12(11)22-23-14;/h1-5,13,20H,6-9H2,(H,21,24)(H,22,23);1H. The third-order valence-electron chi connectivity index (χ3n) is 4.00. The first kappa shape index (κ1) is 19.3. The Morgan fingerprint density at radius 2 is 2.00 bits per heavy atom. The number of alkyl halides is 3. The van der Waals surface area contributed by atoms with Crippen LogP contribution in [0.2, 0.25) is 0 Å². The van der Waals surface area contributed by atoms with Crippen LogP contribution in [-0.4, -0.2) is 34.9 Å². The number of nitrogens with zero attached hydrogens (tertiary/aromatic N) is 1. The van der Waals surface area contributed by atoms with Crippen LogP contribution in [0.15, 0.2) is 30.3 Å². The van der Waals surface area contributed by atoms with E-state index in [1.165, 1.54) is 0 Å². The van der Waals surface area contributed by atoms with Crippen LogP contribution in [0.1, 0.15) is 27.3 Å².